The second-order valence-corrected chi connectivity index (χ2v) is 4.23. The number of hydrogen-bond donors (Lipinski definition) is 0. The van der Waals surface area contributed by atoms with Crippen LogP contribution < -0.4 is 0 Å². The second-order valence-electron chi connectivity index (χ2n) is 4.23. The summed E-state index contributed by atoms with van der Waals surface area (Å²) in [5, 5.41) is 0. The summed E-state index contributed by atoms with van der Waals surface area (Å²) in [4.78, 5) is 4.35. The molecule has 1 heteroatoms. The molecule has 0 atom stereocenters. The Morgan fingerprint density at radius 1 is 0.857 bits per heavy atom. The summed E-state index contributed by atoms with van der Waals surface area (Å²) in [5.41, 5.74) is 4.03. The second kappa shape index (κ2) is 11.4. The smallest absolute Gasteiger partial charge is 0.0441 e. The van der Waals surface area contributed by atoms with Crippen LogP contribution in [0.2, 0.25) is 0 Å². The number of hydrogen-bond acceptors (Lipinski definition) is 1. The lowest BCUT2D eigenvalue weighted by molar-refractivity contribution is 1.48. The first kappa shape index (κ1) is 18.6. The van der Waals surface area contributed by atoms with E-state index < -0.39 is 0 Å². The zero-order valence-electron chi connectivity index (χ0n) is 13.3. The highest BCUT2D eigenvalue weighted by molar-refractivity contribution is 6.01. The molecular formula is C20H25N. The lowest BCUT2D eigenvalue weighted by atomic mass is 10.0. The Hall–Kier alpha value is -2.41. The molecule has 0 N–H and O–H groups in total. The fraction of sp³-hybridized carbons (Fsp3) is 0.150. The molecule has 1 nitrogen and oxygen atoms in total. The van der Waals surface area contributed by atoms with E-state index in [4.69, 9.17) is 0 Å². The van der Waals surface area contributed by atoms with Crippen molar-refractivity contribution in [1.29, 1.82) is 0 Å². The summed E-state index contributed by atoms with van der Waals surface area (Å²) in [6.45, 7) is 17.3. The Labute approximate surface area is 129 Å². The van der Waals surface area contributed by atoms with Crippen LogP contribution in [0.3, 0.4) is 0 Å². The van der Waals surface area contributed by atoms with Crippen molar-refractivity contribution in [2.75, 3.05) is 0 Å². The number of aliphatic imine (C=N–C) groups is 1. The lowest BCUT2D eigenvalue weighted by Crippen LogP contribution is -1.93. The van der Waals surface area contributed by atoms with Crippen LogP contribution in [0.4, 0.5) is 0 Å². The summed E-state index contributed by atoms with van der Waals surface area (Å²) in [5.74, 6) is 0. The first-order chi connectivity index (χ1) is 10.1. The summed E-state index contributed by atoms with van der Waals surface area (Å²) >= 11 is 0. The van der Waals surface area contributed by atoms with E-state index in [1.807, 2.05) is 57.2 Å². The quantitative estimate of drug-likeness (QED) is 0.388. The molecule has 0 rings (SSSR count). The van der Waals surface area contributed by atoms with Crippen molar-refractivity contribution in [3.8, 4) is 0 Å². The van der Waals surface area contributed by atoms with Crippen molar-refractivity contribution >= 4 is 5.71 Å². The van der Waals surface area contributed by atoms with E-state index in [2.05, 4.69) is 24.7 Å². The van der Waals surface area contributed by atoms with Crippen LogP contribution in [0.5, 0.6) is 0 Å². The van der Waals surface area contributed by atoms with Crippen LogP contribution in [-0.2, 0) is 0 Å². The van der Waals surface area contributed by atoms with E-state index in [9.17, 15) is 0 Å². The van der Waals surface area contributed by atoms with Gasteiger partial charge in [-0.15, -0.1) is 0 Å². The number of rotatable bonds is 8. The van der Waals surface area contributed by atoms with Crippen LogP contribution in [0.25, 0.3) is 0 Å². The van der Waals surface area contributed by atoms with Gasteiger partial charge in [0.2, 0.25) is 0 Å². The highest BCUT2D eigenvalue weighted by atomic mass is 14.7. The highest BCUT2D eigenvalue weighted by Gasteiger charge is 1.97. The van der Waals surface area contributed by atoms with Crippen LogP contribution in [0, 0.1) is 0 Å². The van der Waals surface area contributed by atoms with Crippen LogP contribution >= 0.6 is 0 Å². The summed E-state index contributed by atoms with van der Waals surface area (Å²) in [6.07, 6.45) is 18.9. The lowest BCUT2D eigenvalue weighted by Gasteiger charge is -2.03. The van der Waals surface area contributed by atoms with Gasteiger partial charge in [0.05, 0.1) is 0 Å². The minimum atomic E-state index is 0.948. The van der Waals surface area contributed by atoms with Gasteiger partial charge in [-0.1, -0.05) is 68.3 Å². The predicted molar refractivity (Wildman–Crippen MR) is 97.6 cm³/mol. The Kier molecular flexibility index (Phi) is 10.1. The van der Waals surface area contributed by atoms with Crippen molar-refractivity contribution in [3.05, 3.63) is 97.3 Å². The van der Waals surface area contributed by atoms with Gasteiger partial charge in [-0.3, -0.25) is 4.99 Å². The average Bonchev–Trinajstić information content (AvgIpc) is 2.48. The predicted octanol–water partition coefficient (Wildman–Crippen LogP) is 5.89. The van der Waals surface area contributed by atoms with Gasteiger partial charge in [0, 0.05) is 11.9 Å². The van der Waals surface area contributed by atoms with Crippen LogP contribution in [0.1, 0.15) is 20.8 Å². The van der Waals surface area contributed by atoms with Gasteiger partial charge in [0.25, 0.3) is 0 Å². The molecule has 0 aromatic carbocycles. The third-order valence-electron chi connectivity index (χ3n) is 2.78. The monoisotopic (exact) mass is 279 g/mol. The Morgan fingerprint density at radius 3 is 2.00 bits per heavy atom. The summed E-state index contributed by atoms with van der Waals surface area (Å²) in [6, 6.07) is 0. The third-order valence-corrected chi connectivity index (χ3v) is 2.78. The third kappa shape index (κ3) is 7.68. The van der Waals surface area contributed by atoms with Gasteiger partial charge < -0.3 is 0 Å². The van der Waals surface area contributed by atoms with Crippen molar-refractivity contribution in [1.82, 2.24) is 0 Å². The van der Waals surface area contributed by atoms with E-state index >= 15 is 0 Å². The minimum Gasteiger partial charge on any atom is -0.261 e. The molecule has 21 heavy (non-hydrogen) atoms. The molecule has 0 saturated heterocycles. The molecule has 0 aliphatic carbocycles. The van der Waals surface area contributed by atoms with Gasteiger partial charge in [0.15, 0.2) is 0 Å². The number of allylic oxidation sites excluding steroid dienone is 12. The van der Waals surface area contributed by atoms with Gasteiger partial charge in [0.1, 0.15) is 0 Å². The minimum absolute atomic E-state index is 0.948. The van der Waals surface area contributed by atoms with Gasteiger partial charge in [-0.2, -0.15) is 0 Å². The van der Waals surface area contributed by atoms with Crippen molar-refractivity contribution in [3.63, 3.8) is 0 Å². The maximum absolute atomic E-state index is 4.35. The summed E-state index contributed by atoms with van der Waals surface area (Å²) in [7, 11) is 0. The van der Waals surface area contributed by atoms with E-state index in [0.29, 0.717) is 0 Å². The van der Waals surface area contributed by atoms with Crippen molar-refractivity contribution in [2.24, 2.45) is 4.99 Å². The highest BCUT2D eigenvalue weighted by Crippen LogP contribution is 2.13. The van der Waals surface area contributed by atoms with E-state index in [1.165, 1.54) is 0 Å². The topological polar surface area (TPSA) is 12.4 Å². The molecule has 0 unspecified atom stereocenters. The first-order valence-electron chi connectivity index (χ1n) is 6.92. The van der Waals surface area contributed by atoms with Crippen molar-refractivity contribution in [2.45, 2.75) is 20.8 Å². The standard InChI is InChI=1S/C20H25N/c1-7-11-13-19(9-3)17(5)14-15-20(10-4)18(6)21-16-12-8-2/h7-16H,1-2,5H2,3-4,6H3/b13-11-,15-14-,16-12-,19-9+,20-10?,21-18+. The zero-order chi connectivity index (χ0) is 16.1. The van der Waals surface area contributed by atoms with Gasteiger partial charge in [-0.05, 0) is 43.6 Å². The SMILES string of the molecule is C=C/C=C\N=C(/C)C(=CC)/C=C\C(=C)C(/C=C\C=C)=C/C. The molecule has 0 aromatic heterocycles. The Bertz CT molecular complexity index is 546. The maximum atomic E-state index is 4.35. The molecule has 0 fully saturated rings. The maximum Gasteiger partial charge on any atom is 0.0441 e. The molecule has 0 spiro atoms. The molecule has 0 bridgehead atoms. The van der Waals surface area contributed by atoms with E-state index in [1.54, 1.807) is 24.4 Å². The fourth-order valence-corrected chi connectivity index (χ4v) is 1.56. The Balaban J connectivity index is 5.06. The largest absolute Gasteiger partial charge is 0.261 e. The molecule has 0 amide bonds. The zero-order valence-corrected chi connectivity index (χ0v) is 13.3. The normalized spacial score (nSPS) is 14.3. The Morgan fingerprint density at radius 2 is 1.48 bits per heavy atom. The van der Waals surface area contributed by atoms with E-state index in [0.717, 1.165) is 22.4 Å². The number of nitrogens with zero attached hydrogens (tertiary/aromatic N) is 1. The average molecular weight is 279 g/mol. The molecular weight excluding hydrogens is 254 g/mol. The van der Waals surface area contributed by atoms with E-state index in [-0.39, 0.29) is 0 Å². The van der Waals surface area contributed by atoms with Gasteiger partial charge >= 0.3 is 0 Å². The van der Waals surface area contributed by atoms with Crippen molar-refractivity contribution < 1.29 is 0 Å². The molecule has 0 aliphatic rings. The fourth-order valence-electron chi connectivity index (χ4n) is 1.56. The van der Waals surface area contributed by atoms with Crippen LogP contribution in [0.15, 0.2) is 102 Å². The van der Waals surface area contributed by atoms with Gasteiger partial charge in [-0.25, -0.2) is 0 Å². The molecule has 0 aliphatic heterocycles. The summed E-state index contributed by atoms with van der Waals surface area (Å²) < 4.78 is 0. The molecule has 0 heterocycles. The molecule has 0 aromatic rings. The first-order valence-corrected chi connectivity index (χ1v) is 6.92. The molecule has 0 radical (unpaired) electrons. The molecule has 110 valence electrons. The van der Waals surface area contributed by atoms with Crippen LogP contribution in [-0.4, -0.2) is 5.71 Å². The molecule has 0 saturated carbocycles.